The lowest BCUT2D eigenvalue weighted by Crippen LogP contribution is -2.06. The van der Waals surface area contributed by atoms with Gasteiger partial charge in [-0.3, -0.25) is 9.59 Å². The Balaban J connectivity index is 3.33. The highest BCUT2D eigenvalue weighted by Gasteiger charge is 2.18. The van der Waals surface area contributed by atoms with E-state index >= 15 is 0 Å². The average molecular weight is 252 g/mol. The van der Waals surface area contributed by atoms with Crippen LogP contribution in [0.4, 0.5) is 0 Å². The first-order valence-corrected chi connectivity index (χ1v) is 5.51. The van der Waals surface area contributed by atoms with Crippen molar-refractivity contribution in [2.24, 2.45) is 0 Å². The first-order chi connectivity index (χ1) is 8.53. The summed E-state index contributed by atoms with van der Waals surface area (Å²) in [5.74, 6) is 0.241. The number of ether oxygens (including phenoxy) is 3. The van der Waals surface area contributed by atoms with Crippen molar-refractivity contribution in [2.45, 2.75) is 20.3 Å². The molecule has 98 valence electrons. The zero-order valence-electron chi connectivity index (χ0n) is 10.9. The number of hydrogen-bond acceptors (Lipinski definition) is 5. The van der Waals surface area contributed by atoms with Crippen LogP contribution >= 0.6 is 0 Å². The molecule has 0 aliphatic heterocycles. The Morgan fingerprint density at radius 3 is 1.94 bits per heavy atom. The standard InChI is InChI=1S/C13H16O5/c1-5-10(15)9-6-11(16-3)13(18-8(2)14)12(7-9)17-4/h6-7H,5H2,1-4H3. The van der Waals surface area contributed by atoms with Gasteiger partial charge in [-0.05, 0) is 12.1 Å². The van der Waals surface area contributed by atoms with Crippen LogP contribution in [0.15, 0.2) is 12.1 Å². The number of ketones is 1. The number of benzene rings is 1. The molecule has 0 atom stereocenters. The third kappa shape index (κ3) is 3.00. The fraction of sp³-hybridized carbons (Fsp3) is 0.385. The molecule has 0 saturated heterocycles. The number of carbonyl (C=O) groups excluding carboxylic acids is 2. The number of hydrogen-bond donors (Lipinski definition) is 0. The van der Waals surface area contributed by atoms with E-state index in [2.05, 4.69) is 0 Å². The summed E-state index contributed by atoms with van der Waals surface area (Å²) < 4.78 is 15.3. The predicted octanol–water partition coefficient (Wildman–Crippen LogP) is 2.22. The Bertz CT molecular complexity index is 439. The van der Waals surface area contributed by atoms with E-state index in [-0.39, 0.29) is 11.5 Å². The smallest absolute Gasteiger partial charge is 0.308 e. The first kappa shape index (κ1) is 14.0. The maximum absolute atomic E-state index is 11.7. The molecule has 1 rings (SSSR count). The van der Waals surface area contributed by atoms with Crippen molar-refractivity contribution in [3.05, 3.63) is 17.7 Å². The normalized spacial score (nSPS) is 9.78. The van der Waals surface area contributed by atoms with Crippen LogP contribution in [0.1, 0.15) is 30.6 Å². The molecule has 1 aromatic rings. The number of carbonyl (C=O) groups is 2. The molecular weight excluding hydrogens is 236 g/mol. The van der Waals surface area contributed by atoms with E-state index in [1.54, 1.807) is 6.92 Å². The monoisotopic (exact) mass is 252 g/mol. The molecule has 0 saturated carbocycles. The van der Waals surface area contributed by atoms with E-state index in [0.29, 0.717) is 23.5 Å². The topological polar surface area (TPSA) is 61.8 Å². The fourth-order valence-electron chi connectivity index (χ4n) is 1.49. The molecule has 0 aliphatic carbocycles. The van der Waals surface area contributed by atoms with Crippen molar-refractivity contribution >= 4 is 11.8 Å². The summed E-state index contributed by atoms with van der Waals surface area (Å²) in [7, 11) is 2.87. The third-order valence-corrected chi connectivity index (χ3v) is 2.35. The van der Waals surface area contributed by atoms with Crippen LogP contribution in [0.3, 0.4) is 0 Å². The highest BCUT2D eigenvalue weighted by atomic mass is 16.6. The third-order valence-electron chi connectivity index (χ3n) is 2.35. The number of rotatable bonds is 5. The minimum absolute atomic E-state index is 0.0408. The van der Waals surface area contributed by atoms with Gasteiger partial charge in [0.05, 0.1) is 14.2 Å². The first-order valence-electron chi connectivity index (χ1n) is 5.51. The number of methoxy groups -OCH3 is 2. The molecule has 0 fully saturated rings. The van der Waals surface area contributed by atoms with Gasteiger partial charge in [0, 0.05) is 18.9 Å². The molecule has 0 amide bonds. The Morgan fingerprint density at radius 2 is 1.61 bits per heavy atom. The molecule has 0 bridgehead atoms. The maximum atomic E-state index is 11.7. The van der Waals surface area contributed by atoms with Gasteiger partial charge in [0.1, 0.15) is 0 Å². The molecule has 18 heavy (non-hydrogen) atoms. The van der Waals surface area contributed by atoms with Crippen molar-refractivity contribution in [1.82, 2.24) is 0 Å². The van der Waals surface area contributed by atoms with E-state index in [0.717, 1.165) is 0 Å². The highest BCUT2D eigenvalue weighted by molar-refractivity contribution is 5.97. The highest BCUT2D eigenvalue weighted by Crippen LogP contribution is 2.38. The van der Waals surface area contributed by atoms with E-state index in [1.165, 1.54) is 33.3 Å². The molecule has 0 spiro atoms. The summed E-state index contributed by atoms with van der Waals surface area (Å²) in [5.41, 5.74) is 0.460. The Morgan fingerprint density at radius 1 is 1.11 bits per heavy atom. The van der Waals surface area contributed by atoms with Gasteiger partial charge in [-0.15, -0.1) is 0 Å². The predicted molar refractivity (Wildman–Crippen MR) is 65.5 cm³/mol. The van der Waals surface area contributed by atoms with Gasteiger partial charge in [-0.1, -0.05) is 6.92 Å². The quantitative estimate of drug-likeness (QED) is 0.457. The minimum Gasteiger partial charge on any atom is -0.493 e. The molecule has 0 N–H and O–H groups in total. The maximum Gasteiger partial charge on any atom is 0.308 e. The lowest BCUT2D eigenvalue weighted by atomic mass is 10.1. The van der Waals surface area contributed by atoms with Crippen LogP contribution in [0.2, 0.25) is 0 Å². The number of Topliss-reactive ketones (excluding diaryl/α,β-unsaturated/α-hetero) is 1. The van der Waals surface area contributed by atoms with Gasteiger partial charge in [-0.2, -0.15) is 0 Å². The van der Waals surface area contributed by atoms with Crippen LogP contribution in [0, 0.1) is 0 Å². The van der Waals surface area contributed by atoms with Gasteiger partial charge < -0.3 is 14.2 Å². The molecule has 1 aromatic carbocycles. The average Bonchev–Trinajstić information content (AvgIpc) is 2.37. The zero-order chi connectivity index (χ0) is 13.7. The lowest BCUT2D eigenvalue weighted by Gasteiger charge is -2.13. The van der Waals surface area contributed by atoms with E-state index in [4.69, 9.17) is 14.2 Å². The SMILES string of the molecule is CCC(=O)c1cc(OC)c(OC(C)=O)c(OC)c1. The van der Waals surface area contributed by atoms with Crippen molar-refractivity contribution in [3.8, 4) is 17.2 Å². The van der Waals surface area contributed by atoms with Crippen LogP contribution in [-0.4, -0.2) is 26.0 Å². The van der Waals surface area contributed by atoms with Crippen molar-refractivity contribution in [1.29, 1.82) is 0 Å². The Labute approximate surface area is 106 Å². The molecule has 5 heteroatoms. The lowest BCUT2D eigenvalue weighted by molar-refractivity contribution is -0.132. The zero-order valence-corrected chi connectivity index (χ0v) is 10.9. The summed E-state index contributed by atoms with van der Waals surface area (Å²) >= 11 is 0. The molecule has 0 heterocycles. The van der Waals surface area contributed by atoms with Crippen molar-refractivity contribution in [3.63, 3.8) is 0 Å². The molecule has 0 aromatic heterocycles. The summed E-state index contributed by atoms with van der Waals surface area (Å²) in [6.45, 7) is 3.05. The Hall–Kier alpha value is -2.04. The number of esters is 1. The summed E-state index contributed by atoms with van der Waals surface area (Å²) in [4.78, 5) is 22.7. The van der Waals surface area contributed by atoms with Crippen molar-refractivity contribution in [2.75, 3.05) is 14.2 Å². The van der Waals surface area contributed by atoms with Gasteiger partial charge >= 0.3 is 5.97 Å². The minimum atomic E-state index is -0.485. The van der Waals surface area contributed by atoms with E-state index < -0.39 is 5.97 Å². The molecule has 0 unspecified atom stereocenters. The Kier molecular flexibility index (Phi) is 4.71. The fourth-order valence-corrected chi connectivity index (χ4v) is 1.49. The molecule has 0 aliphatic rings. The van der Waals surface area contributed by atoms with Gasteiger partial charge in [-0.25, -0.2) is 0 Å². The molecule has 5 nitrogen and oxygen atoms in total. The molecule has 0 radical (unpaired) electrons. The van der Waals surface area contributed by atoms with E-state index in [1.807, 2.05) is 0 Å². The van der Waals surface area contributed by atoms with Gasteiger partial charge in [0.15, 0.2) is 17.3 Å². The van der Waals surface area contributed by atoms with Crippen LogP contribution in [0.25, 0.3) is 0 Å². The molecular formula is C13H16O5. The summed E-state index contributed by atoms with van der Waals surface area (Å²) in [5, 5.41) is 0. The van der Waals surface area contributed by atoms with Crippen molar-refractivity contribution < 1.29 is 23.8 Å². The summed E-state index contributed by atoms with van der Waals surface area (Å²) in [6, 6.07) is 3.07. The second-order valence-electron chi connectivity index (χ2n) is 3.58. The van der Waals surface area contributed by atoms with Crippen LogP contribution in [0.5, 0.6) is 17.2 Å². The van der Waals surface area contributed by atoms with Gasteiger partial charge in [0.2, 0.25) is 5.75 Å². The van der Waals surface area contributed by atoms with E-state index in [9.17, 15) is 9.59 Å². The second-order valence-corrected chi connectivity index (χ2v) is 3.58. The van der Waals surface area contributed by atoms with Crippen LogP contribution in [-0.2, 0) is 4.79 Å². The van der Waals surface area contributed by atoms with Gasteiger partial charge in [0.25, 0.3) is 0 Å². The second kappa shape index (κ2) is 6.05. The van der Waals surface area contributed by atoms with Crippen LogP contribution < -0.4 is 14.2 Å². The largest absolute Gasteiger partial charge is 0.493 e. The summed E-state index contributed by atoms with van der Waals surface area (Å²) in [6.07, 6.45) is 0.374.